The molecule has 0 saturated carbocycles. The first-order chi connectivity index (χ1) is 6.57. The van der Waals surface area contributed by atoms with E-state index >= 15 is 0 Å². The van der Waals surface area contributed by atoms with Crippen LogP contribution in [-0.2, 0) is 0 Å². The molecule has 0 aliphatic carbocycles. The summed E-state index contributed by atoms with van der Waals surface area (Å²) in [6, 6.07) is 0.335. The summed E-state index contributed by atoms with van der Waals surface area (Å²) in [6.07, 6.45) is 3.68. The summed E-state index contributed by atoms with van der Waals surface area (Å²) >= 11 is 0. The standard InChI is InChI=1S/C10H23N3O/c1-9(8-10(11)12)13(2)6-4-3-5-7-14/h9,14H,3-8H2,1-2H3,(H3,11,12). The zero-order valence-electron chi connectivity index (χ0n) is 9.29. The number of nitrogens with one attached hydrogen (secondary N) is 1. The Kier molecular flexibility index (Phi) is 7.42. The number of amidine groups is 1. The van der Waals surface area contributed by atoms with Crippen LogP contribution in [0.2, 0.25) is 0 Å². The van der Waals surface area contributed by atoms with Crippen molar-refractivity contribution in [3.8, 4) is 0 Å². The number of aliphatic hydroxyl groups excluding tert-OH is 1. The van der Waals surface area contributed by atoms with Gasteiger partial charge in [-0.05, 0) is 39.8 Å². The van der Waals surface area contributed by atoms with Gasteiger partial charge in [0.1, 0.15) is 0 Å². The molecule has 0 radical (unpaired) electrons. The van der Waals surface area contributed by atoms with Crippen LogP contribution in [-0.4, -0.2) is 42.1 Å². The van der Waals surface area contributed by atoms with Gasteiger partial charge in [0.25, 0.3) is 0 Å². The Morgan fingerprint density at radius 2 is 2.07 bits per heavy atom. The zero-order chi connectivity index (χ0) is 11.0. The maximum atomic E-state index is 8.60. The van der Waals surface area contributed by atoms with E-state index in [0.717, 1.165) is 25.8 Å². The lowest BCUT2D eigenvalue weighted by Gasteiger charge is -2.24. The van der Waals surface area contributed by atoms with Crippen LogP contribution in [0.5, 0.6) is 0 Å². The third kappa shape index (κ3) is 6.86. The topological polar surface area (TPSA) is 73.3 Å². The first-order valence-electron chi connectivity index (χ1n) is 5.22. The van der Waals surface area contributed by atoms with E-state index < -0.39 is 0 Å². The van der Waals surface area contributed by atoms with Crippen molar-refractivity contribution < 1.29 is 5.11 Å². The van der Waals surface area contributed by atoms with E-state index in [2.05, 4.69) is 11.8 Å². The number of nitrogens with two attached hydrogens (primary N) is 1. The van der Waals surface area contributed by atoms with Gasteiger partial charge < -0.3 is 15.7 Å². The van der Waals surface area contributed by atoms with Crippen LogP contribution < -0.4 is 5.73 Å². The molecule has 0 fully saturated rings. The maximum Gasteiger partial charge on any atom is 0.0920 e. The minimum atomic E-state index is 0.250. The van der Waals surface area contributed by atoms with Crippen LogP contribution >= 0.6 is 0 Å². The van der Waals surface area contributed by atoms with Crippen molar-refractivity contribution in [1.82, 2.24) is 4.90 Å². The quantitative estimate of drug-likeness (QED) is 0.309. The Bertz CT molecular complexity index is 161. The number of nitrogens with zero attached hydrogens (tertiary/aromatic N) is 1. The summed E-state index contributed by atoms with van der Waals surface area (Å²) in [7, 11) is 2.05. The molecule has 0 bridgehead atoms. The molecule has 1 atom stereocenters. The molecule has 0 aliphatic rings. The molecule has 0 aliphatic heterocycles. The van der Waals surface area contributed by atoms with Gasteiger partial charge in [-0.15, -0.1) is 0 Å². The molecule has 0 heterocycles. The van der Waals surface area contributed by atoms with E-state index in [1.807, 2.05) is 7.05 Å². The van der Waals surface area contributed by atoms with Crippen LogP contribution in [0.15, 0.2) is 0 Å². The molecule has 0 amide bonds. The first-order valence-corrected chi connectivity index (χ1v) is 5.22. The molecule has 0 spiro atoms. The molecule has 84 valence electrons. The fourth-order valence-corrected chi connectivity index (χ4v) is 1.34. The predicted molar refractivity (Wildman–Crippen MR) is 59.6 cm³/mol. The summed E-state index contributed by atoms with van der Waals surface area (Å²) in [6.45, 7) is 3.37. The van der Waals surface area contributed by atoms with E-state index in [1.54, 1.807) is 0 Å². The molecule has 0 aromatic rings. The molecule has 0 aromatic carbocycles. The van der Waals surface area contributed by atoms with Crippen LogP contribution in [0.4, 0.5) is 0 Å². The van der Waals surface area contributed by atoms with Crippen molar-refractivity contribution in [2.45, 2.75) is 38.6 Å². The van der Waals surface area contributed by atoms with Crippen molar-refractivity contribution in [2.75, 3.05) is 20.2 Å². The average Bonchev–Trinajstić information content (AvgIpc) is 2.11. The molecule has 4 heteroatoms. The smallest absolute Gasteiger partial charge is 0.0920 e. The van der Waals surface area contributed by atoms with Crippen molar-refractivity contribution in [2.24, 2.45) is 5.73 Å². The Balaban J connectivity index is 3.51. The van der Waals surface area contributed by atoms with E-state index in [-0.39, 0.29) is 12.4 Å². The monoisotopic (exact) mass is 201 g/mol. The second-order valence-corrected chi connectivity index (χ2v) is 3.84. The van der Waals surface area contributed by atoms with E-state index in [9.17, 15) is 0 Å². The SMILES string of the molecule is CC(CC(=N)N)N(C)CCCCCO. The molecule has 1 unspecified atom stereocenters. The summed E-state index contributed by atoms with van der Waals surface area (Å²) < 4.78 is 0. The highest BCUT2D eigenvalue weighted by Crippen LogP contribution is 2.03. The van der Waals surface area contributed by atoms with Crippen LogP contribution in [0, 0.1) is 5.41 Å². The summed E-state index contributed by atoms with van der Waals surface area (Å²) in [5, 5.41) is 15.8. The van der Waals surface area contributed by atoms with Crippen molar-refractivity contribution in [3.63, 3.8) is 0 Å². The summed E-state index contributed by atoms with van der Waals surface area (Å²) in [5.41, 5.74) is 5.33. The fraction of sp³-hybridized carbons (Fsp3) is 0.900. The Labute approximate surface area is 86.6 Å². The van der Waals surface area contributed by atoms with Gasteiger partial charge in [-0.2, -0.15) is 0 Å². The number of hydrogen-bond donors (Lipinski definition) is 3. The van der Waals surface area contributed by atoms with Gasteiger partial charge in [0.15, 0.2) is 0 Å². The highest BCUT2D eigenvalue weighted by Gasteiger charge is 2.09. The van der Waals surface area contributed by atoms with Crippen molar-refractivity contribution >= 4 is 5.84 Å². The Hall–Kier alpha value is -0.610. The summed E-state index contributed by atoms with van der Waals surface area (Å²) in [4.78, 5) is 2.21. The second kappa shape index (κ2) is 7.76. The average molecular weight is 201 g/mol. The predicted octanol–water partition coefficient (Wildman–Crippen LogP) is 0.795. The van der Waals surface area contributed by atoms with Crippen LogP contribution in [0.1, 0.15) is 32.6 Å². The van der Waals surface area contributed by atoms with Crippen LogP contribution in [0.25, 0.3) is 0 Å². The number of unbranched alkanes of at least 4 members (excludes halogenated alkanes) is 2. The second-order valence-electron chi connectivity index (χ2n) is 3.84. The molecule has 0 rings (SSSR count). The molecule has 0 aromatic heterocycles. The maximum absolute atomic E-state index is 8.60. The number of hydrogen-bond acceptors (Lipinski definition) is 3. The number of rotatable bonds is 8. The van der Waals surface area contributed by atoms with Gasteiger partial charge >= 0.3 is 0 Å². The normalized spacial score (nSPS) is 13.1. The molecular formula is C10H23N3O. The molecule has 0 saturated heterocycles. The van der Waals surface area contributed by atoms with Gasteiger partial charge in [0, 0.05) is 19.1 Å². The Morgan fingerprint density at radius 3 is 2.57 bits per heavy atom. The molecular weight excluding hydrogens is 178 g/mol. The Morgan fingerprint density at radius 1 is 1.43 bits per heavy atom. The van der Waals surface area contributed by atoms with Crippen LogP contribution in [0.3, 0.4) is 0 Å². The van der Waals surface area contributed by atoms with Gasteiger partial charge in [-0.25, -0.2) is 0 Å². The van der Waals surface area contributed by atoms with Gasteiger partial charge in [-0.3, -0.25) is 5.41 Å². The fourth-order valence-electron chi connectivity index (χ4n) is 1.34. The third-order valence-electron chi connectivity index (χ3n) is 2.44. The highest BCUT2D eigenvalue weighted by molar-refractivity contribution is 5.77. The van der Waals surface area contributed by atoms with E-state index in [0.29, 0.717) is 12.5 Å². The first kappa shape index (κ1) is 13.4. The number of aliphatic hydroxyl groups is 1. The molecule has 4 nitrogen and oxygen atoms in total. The van der Waals surface area contributed by atoms with E-state index in [1.165, 1.54) is 0 Å². The molecule has 14 heavy (non-hydrogen) atoms. The lowest BCUT2D eigenvalue weighted by atomic mass is 10.1. The molecule has 4 N–H and O–H groups in total. The van der Waals surface area contributed by atoms with E-state index in [4.69, 9.17) is 16.2 Å². The van der Waals surface area contributed by atoms with Crippen molar-refractivity contribution in [1.29, 1.82) is 5.41 Å². The minimum absolute atomic E-state index is 0.250. The van der Waals surface area contributed by atoms with Gasteiger partial charge in [0.05, 0.1) is 5.84 Å². The van der Waals surface area contributed by atoms with Gasteiger partial charge in [0.2, 0.25) is 0 Å². The largest absolute Gasteiger partial charge is 0.396 e. The van der Waals surface area contributed by atoms with Crippen molar-refractivity contribution in [3.05, 3.63) is 0 Å². The van der Waals surface area contributed by atoms with Gasteiger partial charge in [-0.1, -0.05) is 0 Å². The summed E-state index contributed by atoms with van der Waals surface area (Å²) in [5.74, 6) is 0.250. The lowest BCUT2D eigenvalue weighted by Crippen LogP contribution is -2.33. The lowest BCUT2D eigenvalue weighted by molar-refractivity contribution is 0.245. The highest BCUT2D eigenvalue weighted by atomic mass is 16.2. The minimum Gasteiger partial charge on any atom is -0.396 e. The zero-order valence-corrected chi connectivity index (χ0v) is 9.29. The third-order valence-corrected chi connectivity index (χ3v) is 2.44.